The number of nitrogens with one attached hydrogen (secondary N) is 1. The molecule has 0 spiro atoms. The highest BCUT2D eigenvalue weighted by molar-refractivity contribution is 5.28. The fraction of sp³-hybridized carbons (Fsp3) is 0.400. The van der Waals surface area contributed by atoms with Gasteiger partial charge in [0, 0.05) is 31.5 Å². The lowest BCUT2D eigenvalue weighted by Gasteiger charge is -2.15. The van der Waals surface area contributed by atoms with Gasteiger partial charge in [-0.3, -0.25) is 0 Å². The molecule has 0 aliphatic heterocycles. The van der Waals surface area contributed by atoms with Gasteiger partial charge in [-0.25, -0.2) is 4.98 Å². The zero-order chi connectivity index (χ0) is 13.7. The minimum Gasteiger partial charge on any atom is -0.497 e. The zero-order valence-corrected chi connectivity index (χ0v) is 11.8. The van der Waals surface area contributed by atoms with Crippen molar-refractivity contribution in [1.82, 2.24) is 14.9 Å². The van der Waals surface area contributed by atoms with E-state index in [9.17, 15) is 0 Å². The summed E-state index contributed by atoms with van der Waals surface area (Å²) in [4.78, 5) is 4.21. The van der Waals surface area contributed by atoms with Crippen LogP contribution < -0.4 is 10.1 Å². The molecular formula is C15H21N3O. The second-order valence-corrected chi connectivity index (χ2v) is 4.62. The molecule has 0 saturated heterocycles. The normalized spacial score (nSPS) is 12.4. The molecule has 0 radical (unpaired) electrons. The Balaban J connectivity index is 1.83. The second-order valence-electron chi connectivity index (χ2n) is 4.62. The predicted molar refractivity (Wildman–Crippen MR) is 76.4 cm³/mol. The minimum absolute atomic E-state index is 0.328. The number of aromatic nitrogens is 2. The fourth-order valence-corrected chi connectivity index (χ4v) is 2.05. The summed E-state index contributed by atoms with van der Waals surface area (Å²) >= 11 is 0. The molecule has 102 valence electrons. The highest BCUT2D eigenvalue weighted by atomic mass is 16.5. The molecule has 2 rings (SSSR count). The maximum absolute atomic E-state index is 5.16. The SMILES string of the molecule is COc1ccc([C@H](C)NCCn2ccnc2C)cc1. The Labute approximate surface area is 114 Å². The number of imidazole rings is 1. The molecule has 0 aliphatic rings. The molecule has 0 unspecified atom stereocenters. The maximum atomic E-state index is 5.16. The Morgan fingerprint density at radius 1 is 1.32 bits per heavy atom. The van der Waals surface area contributed by atoms with E-state index in [1.165, 1.54) is 5.56 Å². The van der Waals surface area contributed by atoms with Crippen LogP contribution in [0.3, 0.4) is 0 Å². The zero-order valence-electron chi connectivity index (χ0n) is 11.8. The van der Waals surface area contributed by atoms with Crippen molar-refractivity contribution in [2.45, 2.75) is 26.4 Å². The molecule has 2 aromatic rings. The Morgan fingerprint density at radius 3 is 2.63 bits per heavy atom. The predicted octanol–water partition coefficient (Wildman–Crippen LogP) is 2.55. The molecule has 1 N–H and O–H groups in total. The number of hydrogen-bond donors (Lipinski definition) is 1. The molecule has 0 saturated carbocycles. The molecule has 1 aromatic heterocycles. The van der Waals surface area contributed by atoms with Crippen LogP contribution >= 0.6 is 0 Å². The Kier molecular flexibility index (Phi) is 4.58. The lowest BCUT2D eigenvalue weighted by molar-refractivity contribution is 0.414. The van der Waals surface area contributed by atoms with Gasteiger partial charge < -0.3 is 14.6 Å². The highest BCUT2D eigenvalue weighted by Gasteiger charge is 2.05. The largest absolute Gasteiger partial charge is 0.497 e. The lowest BCUT2D eigenvalue weighted by atomic mass is 10.1. The molecule has 0 amide bonds. The van der Waals surface area contributed by atoms with Crippen LogP contribution in [0, 0.1) is 6.92 Å². The molecule has 0 fully saturated rings. The average Bonchev–Trinajstić information content (AvgIpc) is 2.84. The van der Waals surface area contributed by atoms with Crippen molar-refractivity contribution in [3.63, 3.8) is 0 Å². The molecular weight excluding hydrogens is 238 g/mol. The summed E-state index contributed by atoms with van der Waals surface area (Å²) in [7, 11) is 1.68. The molecule has 1 aromatic carbocycles. The van der Waals surface area contributed by atoms with E-state index >= 15 is 0 Å². The van der Waals surface area contributed by atoms with Crippen molar-refractivity contribution in [3.05, 3.63) is 48.0 Å². The van der Waals surface area contributed by atoms with Crippen LogP contribution in [0.5, 0.6) is 5.75 Å². The van der Waals surface area contributed by atoms with Crippen molar-refractivity contribution >= 4 is 0 Å². The monoisotopic (exact) mass is 259 g/mol. The van der Waals surface area contributed by atoms with Crippen LogP contribution in [0.15, 0.2) is 36.7 Å². The smallest absolute Gasteiger partial charge is 0.118 e. The van der Waals surface area contributed by atoms with Gasteiger partial charge in [0.15, 0.2) is 0 Å². The minimum atomic E-state index is 0.328. The molecule has 4 heteroatoms. The number of benzene rings is 1. The summed E-state index contributed by atoms with van der Waals surface area (Å²) in [6.45, 7) is 6.05. The van der Waals surface area contributed by atoms with Crippen molar-refractivity contribution in [3.8, 4) is 5.75 Å². The summed E-state index contributed by atoms with van der Waals surface area (Å²) in [5.74, 6) is 1.95. The highest BCUT2D eigenvalue weighted by Crippen LogP contribution is 2.16. The van der Waals surface area contributed by atoms with E-state index in [-0.39, 0.29) is 0 Å². The van der Waals surface area contributed by atoms with Gasteiger partial charge >= 0.3 is 0 Å². The van der Waals surface area contributed by atoms with Gasteiger partial charge in [-0.05, 0) is 31.5 Å². The third kappa shape index (κ3) is 3.58. The number of ether oxygens (including phenoxy) is 1. The first-order valence-corrected chi connectivity index (χ1v) is 6.56. The van der Waals surface area contributed by atoms with Crippen molar-refractivity contribution in [2.24, 2.45) is 0 Å². The van der Waals surface area contributed by atoms with E-state index in [0.29, 0.717) is 6.04 Å². The summed E-state index contributed by atoms with van der Waals surface area (Å²) in [6.07, 6.45) is 3.84. The topological polar surface area (TPSA) is 39.1 Å². The summed E-state index contributed by atoms with van der Waals surface area (Å²) in [5, 5.41) is 3.51. The van der Waals surface area contributed by atoms with E-state index in [2.05, 4.69) is 33.9 Å². The Bertz CT molecular complexity index is 504. The van der Waals surface area contributed by atoms with Crippen LogP contribution in [0.25, 0.3) is 0 Å². The molecule has 0 aliphatic carbocycles. The molecule has 0 bridgehead atoms. The van der Waals surface area contributed by atoms with Gasteiger partial charge in [0.1, 0.15) is 11.6 Å². The van der Waals surface area contributed by atoms with Gasteiger partial charge in [0.25, 0.3) is 0 Å². The number of nitrogens with zero attached hydrogens (tertiary/aromatic N) is 2. The molecule has 4 nitrogen and oxygen atoms in total. The van der Waals surface area contributed by atoms with Crippen molar-refractivity contribution in [2.75, 3.05) is 13.7 Å². The second kappa shape index (κ2) is 6.38. The summed E-state index contributed by atoms with van der Waals surface area (Å²) in [5.41, 5.74) is 1.27. The Morgan fingerprint density at radius 2 is 2.05 bits per heavy atom. The quantitative estimate of drug-likeness (QED) is 0.866. The van der Waals surface area contributed by atoms with Gasteiger partial charge in [-0.2, -0.15) is 0 Å². The van der Waals surface area contributed by atoms with E-state index < -0.39 is 0 Å². The van der Waals surface area contributed by atoms with Crippen LogP contribution in [-0.2, 0) is 6.54 Å². The molecule has 19 heavy (non-hydrogen) atoms. The van der Waals surface area contributed by atoms with Crippen LogP contribution in [0.4, 0.5) is 0 Å². The van der Waals surface area contributed by atoms with E-state index in [1.807, 2.05) is 31.5 Å². The number of rotatable bonds is 6. The number of methoxy groups -OCH3 is 1. The van der Waals surface area contributed by atoms with E-state index in [0.717, 1.165) is 24.7 Å². The van der Waals surface area contributed by atoms with E-state index in [1.54, 1.807) is 7.11 Å². The van der Waals surface area contributed by atoms with E-state index in [4.69, 9.17) is 4.74 Å². The fourth-order valence-electron chi connectivity index (χ4n) is 2.05. The van der Waals surface area contributed by atoms with Crippen LogP contribution in [0.2, 0.25) is 0 Å². The molecule has 1 atom stereocenters. The first-order valence-electron chi connectivity index (χ1n) is 6.56. The van der Waals surface area contributed by atoms with Gasteiger partial charge in [-0.1, -0.05) is 12.1 Å². The van der Waals surface area contributed by atoms with Gasteiger partial charge in [0.2, 0.25) is 0 Å². The standard InChI is InChI=1S/C15H21N3O/c1-12(14-4-6-15(19-3)7-5-14)16-8-10-18-11-9-17-13(18)2/h4-7,9,11-12,16H,8,10H2,1-3H3/t12-/m0/s1. The van der Waals surface area contributed by atoms with Crippen molar-refractivity contribution < 1.29 is 4.74 Å². The van der Waals surface area contributed by atoms with Gasteiger partial charge in [0.05, 0.1) is 7.11 Å². The first-order chi connectivity index (χ1) is 9.20. The molecule has 1 heterocycles. The summed E-state index contributed by atoms with van der Waals surface area (Å²) in [6, 6.07) is 8.51. The lowest BCUT2D eigenvalue weighted by Crippen LogP contribution is -2.23. The third-order valence-electron chi connectivity index (χ3n) is 3.34. The average molecular weight is 259 g/mol. The number of hydrogen-bond acceptors (Lipinski definition) is 3. The number of aryl methyl sites for hydroxylation is 1. The maximum Gasteiger partial charge on any atom is 0.118 e. The summed E-state index contributed by atoms with van der Waals surface area (Å²) < 4.78 is 7.31. The first kappa shape index (κ1) is 13.6. The van der Waals surface area contributed by atoms with Crippen LogP contribution in [-0.4, -0.2) is 23.2 Å². The van der Waals surface area contributed by atoms with Crippen LogP contribution in [0.1, 0.15) is 24.4 Å². The Hall–Kier alpha value is -1.81. The van der Waals surface area contributed by atoms with Crippen molar-refractivity contribution in [1.29, 1.82) is 0 Å². The van der Waals surface area contributed by atoms with Gasteiger partial charge in [-0.15, -0.1) is 0 Å². The third-order valence-corrected chi connectivity index (χ3v) is 3.34.